The smallest absolute Gasteiger partial charge is 0.373 e. The number of nitrogens with zero attached hydrogens (tertiary/aromatic N) is 1. The maximum atomic E-state index is 11.6. The van der Waals surface area contributed by atoms with Crippen LogP contribution in [0.1, 0.15) is 36.2 Å². The lowest BCUT2D eigenvalue weighted by Gasteiger charge is -2.16. The van der Waals surface area contributed by atoms with E-state index in [0.717, 1.165) is 0 Å². The topological polar surface area (TPSA) is 71.8 Å². The summed E-state index contributed by atoms with van der Waals surface area (Å²) in [7, 11) is 3.04. The minimum atomic E-state index is -0.514. The van der Waals surface area contributed by atoms with E-state index in [2.05, 4.69) is 10.1 Å². The van der Waals surface area contributed by atoms with E-state index < -0.39 is 5.97 Å². The normalized spacial score (nSPS) is 12.0. The van der Waals surface area contributed by atoms with Crippen molar-refractivity contribution in [1.82, 2.24) is 10.2 Å². The minimum Gasteiger partial charge on any atom is -0.463 e. The molecule has 0 aromatic carbocycles. The largest absolute Gasteiger partial charge is 0.463 e. The van der Waals surface area contributed by atoms with Gasteiger partial charge < -0.3 is 14.1 Å². The Morgan fingerprint density at radius 1 is 1.47 bits per heavy atom. The average molecular weight is 268 g/mol. The second kappa shape index (κ2) is 6.94. The van der Waals surface area contributed by atoms with Gasteiger partial charge in [0.1, 0.15) is 5.76 Å². The number of amides is 1. The molecule has 1 atom stereocenters. The van der Waals surface area contributed by atoms with Gasteiger partial charge in [0.2, 0.25) is 11.7 Å². The summed E-state index contributed by atoms with van der Waals surface area (Å²) in [5, 5.41) is 3.05. The molecule has 0 spiro atoms. The second-order valence-corrected chi connectivity index (χ2v) is 4.20. The predicted octanol–water partition coefficient (Wildman–Crippen LogP) is 1.20. The summed E-state index contributed by atoms with van der Waals surface area (Å²) in [4.78, 5) is 24.5. The van der Waals surface area contributed by atoms with Crippen LogP contribution in [0.4, 0.5) is 0 Å². The number of methoxy groups -OCH3 is 1. The van der Waals surface area contributed by atoms with Crippen molar-refractivity contribution in [2.45, 2.75) is 19.9 Å². The number of hydrogen-bond acceptors (Lipinski definition) is 5. The fraction of sp³-hybridized carbons (Fsp3) is 0.538. The summed E-state index contributed by atoms with van der Waals surface area (Å²) in [6, 6.07) is 3.09. The molecule has 106 valence electrons. The Bertz CT molecular complexity index is 442. The van der Waals surface area contributed by atoms with Crippen molar-refractivity contribution in [3.05, 3.63) is 23.7 Å². The van der Waals surface area contributed by atoms with E-state index in [0.29, 0.717) is 12.3 Å². The molecule has 1 heterocycles. The first kappa shape index (κ1) is 15.2. The number of hydrogen-bond donors (Lipinski definition) is 1. The van der Waals surface area contributed by atoms with Crippen LogP contribution in [0.15, 0.2) is 16.5 Å². The Kier molecular flexibility index (Phi) is 5.57. The Morgan fingerprint density at radius 2 is 2.16 bits per heavy atom. The number of furan rings is 1. The van der Waals surface area contributed by atoms with Crippen molar-refractivity contribution in [1.29, 1.82) is 0 Å². The van der Waals surface area contributed by atoms with Crippen LogP contribution in [-0.2, 0) is 9.53 Å². The van der Waals surface area contributed by atoms with Gasteiger partial charge in [-0.05, 0) is 26.0 Å². The zero-order valence-electron chi connectivity index (χ0n) is 11.7. The van der Waals surface area contributed by atoms with Crippen LogP contribution in [0.5, 0.6) is 0 Å². The highest BCUT2D eigenvalue weighted by Crippen LogP contribution is 2.16. The van der Waals surface area contributed by atoms with Crippen LogP contribution in [0, 0.1) is 0 Å². The lowest BCUT2D eigenvalue weighted by molar-refractivity contribution is -0.128. The molecule has 0 aliphatic carbocycles. The third-order valence-corrected chi connectivity index (χ3v) is 2.90. The third-order valence-electron chi connectivity index (χ3n) is 2.90. The van der Waals surface area contributed by atoms with Gasteiger partial charge >= 0.3 is 5.97 Å². The SMILES string of the molecule is CCN(C)C(=O)CNC(C)c1ccc(C(=O)OC)o1. The zero-order valence-corrected chi connectivity index (χ0v) is 11.7. The van der Waals surface area contributed by atoms with E-state index in [-0.39, 0.29) is 24.3 Å². The quantitative estimate of drug-likeness (QED) is 0.785. The van der Waals surface area contributed by atoms with Crippen molar-refractivity contribution < 1.29 is 18.7 Å². The Morgan fingerprint density at radius 3 is 2.74 bits per heavy atom. The molecular formula is C13H20N2O4. The zero-order chi connectivity index (χ0) is 14.4. The highest BCUT2D eigenvalue weighted by atomic mass is 16.5. The van der Waals surface area contributed by atoms with Crippen LogP contribution in [0.3, 0.4) is 0 Å². The molecule has 0 fully saturated rings. The van der Waals surface area contributed by atoms with Gasteiger partial charge in [0.25, 0.3) is 0 Å². The van der Waals surface area contributed by atoms with Gasteiger partial charge in [-0.25, -0.2) is 4.79 Å². The number of carbonyl (C=O) groups is 2. The first-order valence-corrected chi connectivity index (χ1v) is 6.15. The molecule has 1 aromatic heterocycles. The van der Waals surface area contributed by atoms with Gasteiger partial charge in [-0.1, -0.05) is 0 Å². The van der Waals surface area contributed by atoms with E-state index >= 15 is 0 Å². The van der Waals surface area contributed by atoms with Gasteiger partial charge in [-0.15, -0.1) is 0 Å². The molecule has 1 aromatic rings. The molecule has 1 N–H and O–H groups in total. The number of nitrogens with one attached hydrogen (secondary N) is 1. The van der Waals surface area contributed by atoms with E-state index in [1.54, 1.807) is 24.1 Å². The van der Waals surface area contributed by atoms with Crippen LogP contribution in [0.2, 0.25) is 0 Å². The molecule has 0 radical (unpaired) electrons. The standard InChI is InChI=1S/C13H20N2O4/c1-5-15(3)12(16)8-14-9(2)10-6-7-11(19-10)13(17)18-4/h6-7,9,14H,5,8H2,1-4H3. The van der Waals surface area contributed by atoms with Crippen molar-refractivity contribution in [3.8, 4) is 0 Å². The minimum absolute atomic E-state index is 0.00842. The van der Waals surface area contributed by atoms with Crippen molar-refractivity contribution in [3.63, 3.8) is 0 Å². The van der Waals surface area contributed by atoms with Crippen LogP contribution >= 0.6 is 0 Å². The summed E-state index contributed by atoms with van der Waals surface area (Å²) < 4.78 is 9.91. The molecule has 1 amide bonds. The highest BCUT2D eigenvalue weighted by molar-refractivity contribution is 5.86. The first-order chi connectivity index (χ1) is 8.99. The van der Waals surface area contributed by atoms with Gasteiger partial charge in [-0.2, -0.15) is 0 Å². The fourth-order valence-corrected chi connectivity index (χ4v) is 1.45. The monoisotopic (exact) mass is 268 g/mol. The Labute approximate surface area is 112 Å². The molecule has 6 nitrogen and oxygen atoms in total. The molecule has 1 unspecified atom stereocenters. The maximum absolute atomic E-state index is 11.6. The van der Waals surface area contributed by atoms with Gasteiger partial charge in [-0.3, -0.25) is 10.1 Å². The van der Waals surface area contributed by atoms with Gasteiger partial charge in [0.05, 0.1) is 19.7 Å². The summed E-state index contributed by atoms with van der Waals surface area (Å²) in [6.45, 7) is 4.66. The van der Waals surface area contributed by atoms with Crippen molar-refractivity contribution in [2.24, 2.45) is 0 Å². The Hall–Kier alpha value is -1.82. The number of likely N-dealkylation sites (N-methyl/N-ethyl adjacent to an activating group) is 1. The molecule has 1 rings (SSSR count). The van der Waals surface area contributed by atoms with Crippen LogP contribution < -0.4 is 5.32 Å². The number of rotatable bonds is 6. The van der Waals surface area contributed by atoms with E-state index in [4.69, 9.17) is 4.42 Å². The van der Waals surface area contributed by atoms with E-state index in [1.807, 2.05) is 13.8 Å². The highest BCUT2D eigenvalue weighted by Gasteiger charge is 2.16. The number of esters is 1. The first-order valence-electron chi connectivity index (χ1n) is 6.15. The summed E-state index contributed by atoms with van der Waals surface area (Å²) in [5.74, 6) is 0.241. The third kappa shape index (κ3) is 4.10. The maximum Gasteiger partial charge on any atom is 0.373 e. The van der Waals surface area contributed by atoms with Crippen LogP contribution in [0.25, 0.3) is 0 Å². The lowest BCUT2D eigenvalue weighted by atomic mass is 10.2. The lowest BCUT2D eigenvalue weighted by Crippen LogP contribution is -2.36. The number of carbonyl (C=O) groups excluding carboxylic acids is 2. The molecule has 0 bridgehead atoms. The van der Waals surface area contributed by atoms with Crippen LogP contribution in [-0.4, -0.2) is 44.0 Å². The van der Waals surface area contributed by atoms with Gasteiger partial charge in [0, 0.05) is 13.6 Å². The average Bonchev–Trinajstić information content (AvgIpc) is 2.92. The number of ether oxygens (including phenoxy) is 1. The molecule has 0 aliphatic heterocycles. The molecule has 0 aliphatic rings. The molecular weight excluding hydrogens is 248 g/mol. The van der Waals surface area contributed by atoms with Gasteiger partial charge in [0.15, 0.2) is 0 Å². The molecule has 0 saturated heterocycles. The van der Waals surface area contributed by atoms with Crippen molar-refractivity contribution in [2.75, 3.05) is 27.2 Å². The fourth-order valence-electron chi connectivity index (χ4n) is 1.45. The van der Waals surface area contributed by atoms with E-state index in [1.165, 1.54) is 7.11 Å². The predicted molar refractivity (Wildman–Crippen MR) is 69.8 cm³/mol. The summed E-state index contributed by atoms with van der Waals surface area (Å²) >= 11 is 0. The Balaban J connectivity index is 2.54. The summed E-state index contributed by atoms with van der Waals surface area (Å²) in [5.41, 5.74) is 0. The molecule has 0 saturated carbocycles. The van der Waals surface area contributed by atoms with Crippen molar-refractivity contribution >= 4 is 11.9 Å². The van der Waals surface area contributed by atoms with E-state index in [9.17, 15) is 9.59 Å². The molecule has 19 heavy (non-hydrogen) atoms. The summed E-state index contributed by atoms with van der Waals surface area (Å²) in [6.07, 6.45) is 0. The second-order valence-electron chi connectivity index (χ2n) is 4.20. The molecule has 6 heteroatoms.